The van der Waals surface area contributed by atoms with Crippen molar-refractivity contribution in [1.82, 2.24) is 19.5 Å². The molecular weight excluding hydrogens is 212 g/mol. The Morgan fingerprint density at radius 3 is 2.87 bits per heavy atom. The lowest BCUT2D eigenvalue weighted by Gasteiger charge is -2.04. The molecule has 0 aromatic carbocycles. The van der Waals surface area contributed by atoms with Crippen molar-refractivity contribution in [3.8, 4) is 5.82 Å². The van der Waals surface area contributed by atoms with Gasteiger partial charge in [-0.05, 0) is 24.4 Å². The molecule has 0 N–H and O–H groups in total. The van der Waals surface area contributed by atoms with E-state index in [2.05, 4.69) is 15.0 Å². The van der Waals surface area contributed by atoms with Crippen LogP contribution in [0.1, 0.15) is 24.5 Å². The molecule has 0 amide bonds. The molecule has 0 atom stereocenters. The number of aromatic nitrogens is 4. The van der Waals surface area contributed by atoms with Gasteiger partial charge in [0, 0.05) is 24.4 Å². The average Bonchev–Trinajstić information content (AvgIpc) is 2.93. The van der Waals surface area contributed by atoms with Crippen LogP contribution < -0.4 is 0 Å². The van der Waals surface area contributed by atoms with E-state index in [0.29, 0.717) is 11.2 Å². The fourth-order valence-electron chi connectivity index (χ4n) is 1.54. The molecule has 1 aliphatic rings. The van der Waals surface area contributed by atoms with E-state index < -0.39 is 0 Å². The first-order valence-electron chi connectivity index (χ1n) is 4.86. The van der Waals surface area contributed by atoms with Crippen LogP contribution in [0.5, 0.6) is 0 Å². The van der Waals surface area contributed by atoms with Gasteiger partial charge in [-0.3, -0.25) is 4.57 Å². The van der Waals surface area contributed by atoms with E-state index in [1.165, 1.54) is 12.8 Å². The SMILES string of the molecule is Clc1nc(C2CC2)cc(-n2ccnc2)n1. The van der Waals surface area contributed by atoms with E-state index in [4.69, 9.17) is 11.6 Å². The van der Waals surface area contributed by atoms with Crippen LogP contribution >= 0.6 is 11.6 Å². The van der Waals surface area contributed by atoms with Gasteiger partial charge in [0.25, 0.3) is 0 Å². The second-order valence-corrected chi connectivity index (χ2v) is 4.00. The molecule has 4 nitrogen and oxygen atoms in total. The Balaban J connectivity index is 2.07. The van der Waals surface area contributed by atoms with Gasteiger partial charge in [-0.25, -0.2) is 9.97 Å². The van der Waals surface area contributed by atoms with Crippen LogP contribution in [0.25, 0.3) is 5.82 Å². The van der Waals surface area contributed by atoms with Crippen LogP contribution in [0.15, 0.2) is 24.8 Å². The molecule has 1 saturated carbocycles. The number of rotatable bonds is 2. The van der Waals surface area contributed by atoms with Crippen molar-refractivity contribution in [3.05, 3.63) is 35.8 Å². The summed E-state index contributed by atoms with van der Waals surface area (Å²) in [6.07, 6.45) is 7.67. The molecule has 0 aliphatic heterocycles. The molecule has 1 fully saturated rings. The minimum Gasteiger partial charge on any atom is -0.290 e. The average molecular weight is 221 g/mol. The Morgan fingerprint density at radius 2 is 2.20 bits per heavy atom. The normalized spacial score (nSPS) is 15.5. The first-order valence-corrected chi connectivity index (χ1v) is 5.23. The Bertz CT molecular complexity index is 476. The van der Waals surface area contributed by atoms with Gasteiger partial charge in [0.05, 0.1) is 5.69 Å². The van der Waals surface area contributed by atoms with Crippen molar-refractivity contribution in [1.29, 1.82) is 0 Å². The lowest BCUT2D eigenvalue weighted by molar-refractivity contribution is 0.923. The van der Waals surface area contributed by atoms with Gasteiger partial charge in [0.15, 0.2) is 0 Å². The molecular formula is C10H9ClN4. The van der Waals surface area contributed by atoms with Crippen LogP contribution in [-0.4, -0.2) is 19.5 Å². The number of nitrogens with zero attached hydrogens (tertiary/aromatic N) is 4. The third kappa shape index (κ3) is 1.72. The smallest absolute Gasteiger partial charge is 0.224 e. The topological polar surface area (TPSA) is 43.6 Å². The van der Waals surface area contributed by atoms with E-state index in [-0.39, 0.29) is 0 Å². The summed E-state index contributed by atoms with van der Waals surface area (Å²) < 4.78 is 1.83. The van der Waals surface area contributed by atoms with Crippen LogP contribution in [0.4, 0.5) is 0 Å². The molecule has 76 valence electrons. The van der Waals surface area contributed by atoms with Crippen LogP contribution in [-0.2, 0) is 0 Å². The summed E-state index contributed by atoms with van der Waals surface area (Å²) in [5.74, 6) is 1.36. The number of hydrogen-bond donors (Lipinski definition) is 0. The Labute approximate surface area is 92.0 Å². The summed E-state index contributed by atoms with van der Waals surface area (Å²) in [5, 5.41) is 0.308. The molecule has 0 radical (unpaired) electrons. The van der Waals surface area contributed by atoms with Crippen molar-refractivity contribution < 1.29 is 0 Å². The second kappa shape index (κ2) is 3.31. The van der Waals surface area contributed by atoms with Gasteiger partial charge in [-0.15, -0.1) is 0 Å². The summed E-state index contributed by atoms with van der Waals surface area (Å²) >= 11 is 5.88. The van der Waals surface area contributed by atoms with Gasteiger partial charge >= 0.3 is 0 Å². The van der Waals surface area contributed by atoms with Gasteiger partial charge < -0.3 is 0 Å². The highest BCUT2D eigenvalue weighted by Gasteiger charge is 2.26. The molecule has 5 heteroatoms. The third-order valence-electron chi connectivity index (χ3n) is 2.47. The summed E-state index contributed by atoms with van der Waals surface area (Å²) in [6, 6.07) is 1.98. The number of imidazole rings is 1. The zero-order valence-corrected chi connectivity index (χ0v) is 8.72. The molecule has 15 heavy (non-hydrogen) atoms. The highest BCUT2D eigenvalue weighted by molar-refractivity contribution is 6.28. The third-order valence-corrected chi connectivity index (χ3v) is 2.64. The molecule has 0 unspecified atom stereocenters. The van der Waals surface area contributed by atoms with E-state index in [0.717, 1.165) is 11.5 Å². The van der Waals surface area contributed by atoms with Gasteiger partial charge in [-0.1, -0.05) is 0 Å². The number of hydrogen-bond acceptors (Lipinski definition) is 3. The van der Waals surface area contributed by atoms with Gasteiger partial charge in [0.2, 0.25) is 5.28 Å². The monoisotopic (exact) mass is 220 g/mol. The lowest BCUT2D eigenvalue weighted by atomic mass is 10.3. The van der Waals surface area contributed by atoms with Crippen LogP contribution in [0.3, 0.4) is 0 Å². The van der Waals surface area contributed by atoms with Crippen molar-refractivity contribution in [2.75, 3.05) is 0 Å². The van der Waals surface area contributed by atoms with E-state index in [1.54, 1.807) is 12.5 Å². The zero-order chi connectivity index (χ0) is 10.3. The summed E-state index contributed by atoms with van der Waals surface area (Å²) in [6.45, 7) is 0. The van der Waals surface area contributed by atoms with Gasteiger partial charge in [-0.2, -0.15) is 4.98 Å². The molecule has 2 heterocycles. The lowest BCUT2D eigenvalue weighted by Crippen LogP contribution is -1.99. The Kier molecular flexibility index (Phi) is 1.95. The van der Waals surface area contributed by atoms with E-state index in [9.17, 15) is 0 Å². The maximum atomic E-state index is 5.88. The molecule has 0 saturated heterocycles. The molecule has 0 bridgehead atoms. The fourth-order valence-corrected chi connectivity index (χ4v) is 1.72. The van der Waals surface area contributed by atoms with Crippen molar-refractivity contribution in [2.45, 2.75) is 18.8 Å². The maximum Gasteiger partial charge on any atom is 0.224 e. The van der Waals surface area contributed by atoms with Crippen LogP contribution in [0, 0.1) is 0 Å². The van der Waals surface area contributed by atoms with Crippen molar-refractivity contribution in [3.63, 3.8) is 0 Å². The second-order valence-electron chi connectivity index (χ2n) is 3.66. The summed E-state index contributed by atoms with van der Waals surface area (Å²) in [7, 11) is 0. The minimum absolute atomic E-state index is 0.308. The standard InChI is InChI=1S/C10H9ClN4/c11-10-13-8(7-1-2-7)5-9(14-10)15-4-3-12-6-15/h3-7H,1-2H2. The highest BCUT2D eigenvalue weighted by Crippen LogP contribution is 2.39. The minimum atomic E-state index is 0.308. The Morgan fingerprint density at radius 1 is 1.33 bits per heavy atom. The first kappa shape index (κ1) is 8.85. The summed E-state index contributed by atoms with van der Waals surface area (Å²) in [5.41, 5.74) is 1.04. The number of halogens is 1. The van der Waals surface area contributed by atoms with Crippen molar-refractivity contribution >= 4 is 11.6 Å². The predicted molar refractivity (Wildman–Crippen MR) is 56.1 cm³/mol. The zero-order valence-electron chi connectivity index (χ0n) is 7.97. The Hall–Kier alpha value is -1.42. The molecule has 3 rings (SSSR count). The molecule has 1 aliphatic carbocycles. The van der Waals surface area contributed by atoms with Gasteiger partial charge in [0.1, 0.15) is 12.1 Å². The van der Waals surface area contributed by atoms with Crippen LogP contribution in [0.2, 0.25) is 5.28 Å². The fraction of sp³-hybridized carbons (Fsp3) is 0.300. The van der Waals surface area contributed by atoms with Crippen molar-refractivity contribution in [2.24, 2.45) is 0 Å². The quantitative estimate of drug-likeness (QED) is 0.729. The highest BCUT2D eigenvalue weighted by atomic mass is 35.5. The molecule has 2 aromatic heterocycles. The van der Waals surface area contributed by atoms with E-state index in [1.807, 2.05) is 16.8 Å². The predicted octanol–water partition coefficient (Wildman–Crippen LogP) is 2.19. The largest absolute Gasteiger partial charge is 0.290 e. The first-order chi connectivity index (χ1) is 7.33. The maximum absolute atomic E-state index is 5.88. The molecule has 0 spiro atoms. The molecule has 2 aromatic rings. The van der Waals surface area contributed by atoms with E-state index >= 15 is 0 Å². The summed E-state index contributed by atoms with van der Waals surface area (Å²) in [4.78, 5) is 12.4.